The van der Waals surface area contributed by atoms with Crippen LogP contribution < -0.4 is 10.6 Å². The van der Waals surface area contributed by atoms with Gasteiger partial charge in [-0.1, -0.05) is 12.1 Å². The fourth-order valence-electron chi connectivity index (χ4n) is 2.24. The third-order valence-corrected chi connectivity index (χ3v) is 3.25. The van der Waals surface area contributed by atoms with E-state index >= 15 is 0 Å². The molecule has 0 aromatic heterocycles. The molecule has 1 aliphatic heterocycles. The van der Waals surface area contributed by atoms with Gasteiger partial charge in [-0.15, -0.1) is 0 Å². The molecule has 1 aromatic carbocycles. The lowest BCUT2D eigenvalue weighted by atomic mass is 10.1. The monoisotopic (exact) mass is 248 g/mol. The number of nitrogens with two attached hydrogens (primary N) is 1. The fraction of sp³-hybridized carbons (Fsp3) is 0.500. The van der Waals surface area contributed by atoms with Crippen LogP contribution in [0.4, 0.5) is 5.69 Å². The summed E-state index contributed by atoms with van der Waals surface area (Å²) in [4.78, 5) is 13.6. The van der Waals surface area contributed by atoms with Gasteiger partial charge in [0.15, 0.2) is 5.78 Å². The number of benzene rings is 1. The average Bonchev–Trinajstić information content (AvgIpc) is 2.39. The van der Waals surface area contributed by atoms with Crippen LogP contribution in [-0.2, 0) is 4.74 Å². The zero-order valence-corrected chi connectivity index (χ0v) is 10.8. The van der Waals surface area contributed by atoms with Crippen molar-refractivity contribution in [1.82, 2.24) is 0 Å². The van der Waals surface area contributed by atoms with E-state index in [2.05, 4.69) is 4.90 Å². The van der Waals surface area contributed by atoms with Crippen molar-refractivity contribution in [2.75, 3.05) is 31.1 Å². The zero-order chi connectivity index (χ0) is 13.0. The van der Waals surface area contributed by atoms with E-state index in [0.29, 0.717) is 6.54 Å². The van der Waals surface area contributed by atoms with Crippen LogP contribution in [0.5, 0.6) is 0 Å². The Morgan fingerprint density at radius 1 is 1.56 bits per heavy atom. The van der Waals surface area contributed by atoms with Gasteiger partial charge in [0, 0.05) is 24.3 Å². The van der Waals surface area contributed by atoms with Crippen molar-refractivity contribution in [3.8, 4) is 0 Å². The summed E-state index contributed by atoms with van der Waals surface area (Å²) in [7, 11) is 0. The number of nitrogens with zero attached hydrogens (tertiary/aromatic N) is 1. The van der Waals surface area contributed by atoms with Crippen molar-refractivity contribution >= 4 is 11.5 Å². The number of ketones is 1. The molecule has 0 aliphatic carbocycles. The van der Waals surface area contributed by atoms with Crippen LogP contribution >= 0.6 is 0 Å². The Kier molecular flexibility index (Phi) is 4.33. The summed E-state index contributed by atoms with van der Waals surface area (Å²) in [6.45, 7) is 4.66. The number of carbonyl (C=O) groups excluding carboxylic acids is 1. The normalized spacial score (nSPS) is 19.9. The van der Waals surface area contributed by atoms with Crippen LogP contribution in [0.25, 0.3) is 0 Å². The summed E-state index contributed by atoms with van der Waals surface area (Å²) < 4.78 is 5.66. The molecule has 1 heterocycles. The molecule has 4 heteroatoms. The van der Waals surface area contributed by atoms with E-state index in [1.807, 2.05) is 24.3 Å². The Bertz CT molecular complexity index is 418. The quantitative estimate of drug-likeness (QED) is 0.819. The molecule has 0 radical (unpaired) electrons. The van der Waals surface area contributed by atoms with Gasteiger partial charge in [-0.25, -0.2) is 0 Å². The van der Waals surface area contributed by atoms with Crippen LogP contribution in [0.3, 0.4) is 0 Å². The molecule has 98 valence electrons. The van der Waals surface area contributed by atoms with Gasteiger partial charge in [0.1, 0.15) is 0 Å². The Balaban J connectivity index is 2.10. The van der Waals surface area contributed by atoms with Gasteiger partial charge in [-0.2, -0.15) is 0 Å². The molecule has 1 aliphatic rings. The van der Waals surface area contributed by atoms with Crippen molar-refractivity contribution in [3.05, 3.63) is 29.8 Å². The van der Waals surface area contributed by atoms with E-state index in [4.69, 9.17) is 10.5 Å². The van der Waals surface area contributed by atoms with Crippen LogP contribution in [0.1, 0.15) is 23.7 Å². The summed E-state index contributed by atoms with van der Waals surface area (Å²) in [6, 6.07) is 7.77. The molecule has 0 amide bonds. The first-order valence-corrected chi connectivity index (χ1v) is 6.38. The van der Waals surface area contributed by atoms with E-state index in [1.54, 1.807) is 6.92 Å². The third-order valence-electron chi connectivity index (χ3n) is 3.25. The van der Waals surface area contributed by atoms with E-state index in [-0.39, 0.29) is 11.9 Å². The zero-order valence-electron chi connectivity index (χ0n) is 10.8. The summed E-state index contributed by atoms with van der Waals surface area (Å²) in [5.74, 6) is 0.101. The number of hydrogen-bond donors (Lipinski definition) is 1. The van der Waals surface area contributed by atoms with Crippen molar-refractivity contribution in [2.45, 2.75) is 19.4 Å². The molecule has 1 atom stereocenters. The predicted molar refractivity (Wildman–Crippen MR) is 72.1 cm³/mol. The predicted octanol–water partition coefficient (Wildman–Crippen LogP) is 1.44. The molecule has 4 nitrogen and oxygen atoms in total. The van der Waals surface area contributed by atoms with E-state index in [0.717, 1.165) is 37.4 Å². The molecule has 1 saturated heterocycles. The van der Waals surface area contributed by atoms with Crippen LogP contribution in [0, 0.1) is 0 Å². The first-order valence-electron chi connectivity index (χ1n) is 6.38. The summed E-state index contributed by atoms with van der Waals surface area (Å²) in [5, 5.41) is 0. The van der Waals surface area contributed by atoms with E-state index in [9.17, 15) is 4.79 Å². The van der Waals surface area contributed by atoms with Crippen molar-refractivity contribution in [1.29, 1.82) is 0 Å². The lowest BCUT2D eigenvalue weighted by Gasteiger charge is -2.34. The molecule has 1 fully saturated rings. The number of Topliss-reactive ketones (excluding diaryl/α,β-unsaturated/α-hetero) is 1. The second-order valence-corrected chi connectivity index (χ2v) is 4.62. The van der Waals surface area contributed by atoms with E-state index < -0.39 is 0 Å². The average molecular weight is 248 g/mol. The minimum Gasteiger partial charge on any atom is -0.374 e. The van der Waals surface area contributed by atoms with Gasteiger partial charge < -0.3 is 15.4 Å². The topological polar surface area (TPSA) is 55.6 Å². The van der Waals surface area contributed by atoms with Crippen molar-refractivity contribution < 1.29 is 9.53 Å². The molecular formula is C14H20N2O2. The highest BCUT2D eigenvalue weighted by Crippen LogP contribution is 2.20. The number of ether oxygens (including phenoxy) is 1. The van der Waals surface area contributed by atoms with Gasteiger partial charge in [-0.05, 0) is 32.0 Å². The van der Waals surface area contributed by atoms with Gasteiger partial charge >= 0.3 is 0 Å². The third kappa shape index (κ3) is 3.09. The number of hydrogen-bond acceptors (Lipinski definition) is 4. The smallest absolute Gasteiger partial charge is 0.159 e. The Morgan fingerprint density at radius 3 is 3.11 bits per heavy atom. The van der Waals surface area contributed by atoms with Gasteiger partial charge in [0.2, 0.25) is 0 Å². The number of carbonyl (C=O) groups is 1. The molecule has 0 spiro atoms. The van der Waals surface area contributed by atoms with E-state index in [1.165, 1.54) is 0 Å². The SMILES string of the molecule is CC(=O)c1cccc(N2CCOC(CCN)C2)c1. The lowest BCUT2D eigenvalue weighted by molar-refractivity contribution is 0.0369. The maximum atomic E-state index is 11.4. The van der Waals surface area contributed by atoms with Gasteiger partial charge in [0.05, 0.1) is 12.7 Å². The highest BCUT2D eigenvalue weighted by molar-refractivity contribution is 5.94. The van der Waals surface area contributed by atoms with Crippen molar-refractivity contribution in [2.24, 2.45) is 5.73 Å². The van der Waals surface area contributed by atoms with Crippen LogP contribution in [0.2, 0.25) is 0 Å². The summed E-state index contributed by atoms with van der Waals surface area (Å²) >= 11 is 0. The molecule has 2 N–H and O–H groups in total. The Labute approximate surface area is 108 Å². The highest BCUT2D eigenvalue weighted by atomic mass is 16.5. The molecule has 2 rings (SSSR count). The number of morpholine rings is 1. The first-order chi connectivity index (χ1) is 8.70. The molecule has 0 bridgehead atoms. The Hall–Kier alpha value is -1.39. The number of rotatable bonds is 4. The number of anilines is 1. The minimum absolute atomic E-state index is 0.101. The fourth-order valence-corrected chi connectivity index (χ4v) is 2.24. The maximum absolute atomic E-state index is 11.4. The van der Waals surface area contributed by atoms with Gasteiger partial charge in [-0.3, -0.25) is 4.79 Å². The van der Waals surface area contributed by atoms with Gasteiger partial charge in [0.25, 0.3) is 0 Å². The lowest BCUT2D eigenvalue weighted by Crippen LogP contribution is -2.43. The standard InChI is InChI=1S/C14H20N2O2/c1-11(17)12-3-2-4-13(9-12)16-7-8-18-14(10-16)5-6-15/h2-4,9,14H,5-8,10,15H2,1H3. The van der Waals surface area contributed by atoms with Crippen LogP contribution in [0.15, 0.2) is 24.3 Å². The second-order valence-electron chi connectivity index (χ2n) is 4.62. The maximum Gasteiger partial charge on any atom is 0.159 e. The van der Waals surface area contributed by atoms with Crippen LogP contribution in [-0.4, -0.2) is 38.1 Å². The molecule has 0 saturated carbocycles. The molecule has 1 aromatic rings. The summed E-state index contributed by atoms with van der Waals surface area (Å²) in [5.41, 5.74) is 7.41. The second kappa shape index (κ2) is 5.98. The molecular weight excluding hydrogens is 228 g/mol. The Morgan fingerprint density at radius 2 is 2.39 bits per heavy atom. The minimum atomic E-state index is 0.101. The first kappa shape index (κ1) is 13.1. The van der Waals surface area contributed by atoms with Crippen molar-refractivity contribution in [3.63, 3.8) is 0 Å². The highest BCUT2D eigenvalue weighted by Gasteiger charge is 2.20. The largest absolute Gasteiger partial charge is 0.374 e. The molecule has 18 heavy (non-hydrogen) atoms. The summed E-state index contributed by atoms with van der Waals surface area (Å²) in [6.07, 6.45) is 1.08. The molecule has 1 unspecified atom stereocenters.